The van der Waals surface area contributed by atoms with Gasteiger partial charge in [0.05, 0.1) is 29.7 Å². The monoisotopic (exact) mass is 500 g/mol. The lowest BCUT2D eigenvalue weighted by Crippen LogP contribution is -2.42. The number of carbonyl (C=O) groups excluding carboxylic acids is 1. The fourth-order valence-corrected chi connectivity index (χ4v) is 6.33. The Balaban J connectivity index is 1.46. The minimum Gasteiger partial charge on any atom is -0.481 e. The maximum Gasteiger partial charge on any atom is 0.414 e. The van der Waals surface area contributed by atoms with E-state index in [1.54, 1.807) is 4.90 Å². The lowest BCUT2D eigenvalue weighted by molar-refractivity contribution is -0.143. The van der Waals surface area contributed by atoms with Crippen LogP contribution < -0.4 is 4.90 Å². The van der Waals surface area contributed by atoms with Crippen LogP contribution in [0.2, 0.25) is 0 Å². The Morgan fingerprint density at radius 1 is 1.11 bits per heavy atom. The fourth-order valence-electron chi connectivity index (χ4n) is 6.33. The van der Waals surface area contributed by atoms with Crippen molar-refractivity contribution in [3.8, 4) is 0 Å². The summed E-state index contributed by atoms with van der Waals surface area (Å²) in [5.74, 6) is 0.0219. The summed E-state index contributed by atoms with van der Waals surface area (Å²) in [6, 6.07) is 12.9. The highest BCUT2D eigenvalue weighted by atomic mass is 16.5. The largest absolute Gasteiger partial charge is 0.481 e. The number of hydrogen-bond acceptors (Lipinski definition) is 4. The molecular formula is C29H32N4O4. The topological polar surface area (TPSA) is 100 Å². The number of aromatic nitrogens is 3. The number of aryl methyl sites for hydroxylation is 1. The molecule has 2 aliphatic rings. The van der Waals surface area contributed by atoms with Crippen LogP contribution in [0.15, 0.2) is 42.6 Å². The van der Waals surface area contributed by atoms with Crippen molar-refractivity contribution in [2.45, 2.75) is 64.0 Å². The highest BCUT2D eigenvalue weighted by molar-refractivity contribution is 5.95. The molecule has 2 aromatic heterocycles. The van der Waals surface area contributed by atoms with E-state index in [4.69, 9.17) is 9.72 Å². The van der Waals surface area contributed by atoms with Crippen molar-refractivity contribution >= 4 is 39.7 Å². The third-order valence-corrected chi connectivity index (χ3v) is 8.29. The van der Waals surface area contributed by atoms with Crippen LogP contribution in [-0.2, 0) is 22.4 Å². The number of carboxylic acids is 1. The van der Waals surface area contributed by atoms with Crippen molar-refractivity contribution in [2.24, 2.45) is 5.92 Å². The third-order valence-electron chi connectivity index (χ3n) is 8.29. The van der Waals surface area contributed by atoms with Gasteiger partial charge in [0.2, 0.25) is 0 Å². The molecule has 1 fully saturated rings. The molecule has 0 radical (unpaired) electrons. The zero-order valence-electron chi connectivity index (χ0n) is 21.2. The highest BCUT2D eigenvalue weighted by Crippen LogP contribution is 2.40. The van der Waals surface area contributed by atoms with E-state index < -0.39 is 5.97 Å². The Bertz CT molecular complexity index is 1490. The molecule has 3 heterocycles. The number of aliphatic carboxylic acids is 1. The molecule has 0 saturated heterocycles. The second kappa shape index (κ2) is 9.25. The third kappa shape index (κ3) is 4.04. The number of fused-ring (bicyclic) bond motifs is 4. The molecule has 6 rings (SSSR count). The summed E-state index contributed by atoms with van der Waals surface area (Å²) >= 11 is 0. The standard InChI is InChI=1S/C29H32N4O4/c1-17-3-9-22-24(32(17)29(36)37-2)11-12-25-27(22)31-26(16-18-4-10-23-20(15-18)13-14-30-23)33(25)21-7-5-19(6-8-21)28(34)35/h4,10-15,17,19,21,30H,3,5-9,16H2,1-2H3,(H,34,35)/t17-,19-,21-/m0/s1. The number of hydrogen-bond donors (Lipinski definition) is 2. The Morgan fingerprint density at radius 3 is 2.68 bits per heavy atom. The molecule has 1 atom stereocenters. The van der Waals surface area contributed by atoms with E-state index in [1.807, 2.05) is 19.2 Å². The molecule has 8 heteroatoms. The summed E-state index contributed by atoms with van der Waals surface area (Å²) in [5.41, 5.74) is 6.25. The number of carboxylic acid groups (broad SMARTS) is 1. The maximum absolute atomic E-state index is 12.6. The number of amides is 1. The highest BCUT2D eigenvalue weighted by Gasteiger charge is 2.33. The summed E-state index contributed by atoms with van der Waals surface area (Å²) < 4.78 is 7.46. The van der Waals surface area contributed by atoms with Crippen molar-refractivity contribution in [3.63, 3.8) is 0 Å². The molecule has 4 aromatic rings. The number of carbonyl (C=O) groups is 2. The molecule has 2 aromatic carbocycles. The Labute approximate surface area is 215 Å². The van der Waals surface area contributed by atoms with Crippen molar-refractivity contribution < 1.29 is 19.4 Å². The number of methoxy groups -OCH3 is 1. The number of nitrogens with zero attached hydrogens (tertiary/aromatic N) is 3. The number of anilines is 1. The van der Waals surface area contributed by atoms with Gasteiger partial charge < -0.3 is 19.4 Å². The van der Waals surface area contributed by atoms with Gasteiger partial charge in [-0.15, -0.1) is 0 Å². The number of rotatable bonds is 4. The second-order valence-corrected chi connectivity index (χ2v) is 10.5. The smallest absolute Gasteiger partial charge is 0.414 e. The summed E-state index contributed by atoms with van der Waals surface area (Å²) in [5, 5.41) is 10.7. The van der Waals surface area contributed by atoms with Gasteiger partial charge in [0.1, 0.15) is 5.82 Å². The lowest BCUT2D eigenvalue weighted by atomic mass is 9.85. The molecule has 1 aliphatic carbocycles. The SMILES string of the molecule is COC(=O)N1c2ccc3c(nc(Cc4ccc5[nH]ccc5c4)n3[C@H]3CC[C@H](C(=O)O)CC3)c2CC[C@@H]1C. The van der Waals surface area contributed by atoms with Crippen LogP contribution in [0, 0.1) is 5.92 Å². The first kappa shape index (κ1) is 23.6. The first-order chi connectivity index (χ1) is 17.9. The average Bonchev–Trinajstić information content (AvgIpc) is 3.52. The number of imidazole rings is 1. The van der Waals surface area contributed by atoms with Crippen LogP contribution in [0.5, 0.6) is 0 Å². The number of nitrogens with one attached hydrogen (secondary N) is 1. The van der Waals surface area contributed by atoms with Gasteiger partial charge in [-0.05, 0) is 86.7 Å². The molecule has 0 bridgehead atoms. The zero-order valence-corrected chi connectivity index (χ0v) is 21.2. The van der Waals surface area contributed by atoms with Gasteiger partial charge in [-0.25, -0.2) is 9.78 Å². The van der Waals surface area contributed by atoms with Crippen LogP contribution >= 0.6 is 0 Å². The van der Waals surface area contributed by atoms with E-state index in [-0.39, 0.29) is 24.1 Å². The molecule has 1 saturated carbocycles. The van der Waals surface area contributed by atoms with Crippen LogP contribution in [0.3, 0.4) is 0 Å². The van der Waals surface area contributed by atoms with Gasteiger partial charge in [-0.1, -0.05) is 6.07 Å². The lowest BCUT2D eigenvalue weighted by Gasteiger charge is -2.34. The van der Waals surface area contributed by atoms with Gasteiger partial charge in [-0.2, -0.15) is 0 Å². The predicted octanol–water partition coefficient (Wildman–Crippen LogP) is 5.83. The van der Waals surface area contributed by atoms with Gasteiger partial charge in [-0.3, -0.25) is 9.69 Å². The minimum absolute atomic E-state index is 0.0540. The fraction of sp³-hybridized carbons (Fsp3) is 0.414. The van der Waals surface area contributed by atoms with E-state index in [2.05, 4.69) is 39.9 Å². The summed E-state index contributed by atoms with van der Waals surface area (Å²) in [6.07, 6.45) is 6.95. The van der Waals surface area contributed by atoms with Gasteiger partial charge in [0.25, 0.3) is 0 Å². The van der Waals surface area contributed by atoms with Crippen molar-refractivity contribution in [2.75, 3.05) is 12.0 Å². The van der Waals surface area contributed by atoms with Gasteiger partial charge in [0.15, 0.2) is 0 Å². The molecular weight excluding hydrogens is 468 g/mol. The molecule has 192 valence electrons. The average molecular weight is 501 g/mol. The van der Waals surface area contributed by atoms with E-state index >= 15 is 0 Å². The molecule has 0 unspecified atom stereocenters. The van der Waals surface area contributed by atoms with Gasteiger partial charge in [0, 0.05) is 35.8 Å². The molecule has 2 N–H and O–H groups in total. The van der Waals surface area contributed by atoms with E-state index in [0.717, 1.165) is 59.3 Å². The van der Waals surface area contributed by atoms with Crippen molar-refractivity contribution in [3.05, 3.63) is 59.5 Å². The second-order valence-electron chi connectivity index (χ2n) is 10.5. The van der Waals surface area contributed by atoms with Crippen LogP contribution in [0.4, 0.5) is 10.5 Å². The van der Waals surface area contributed by atoms with E-state index in [1.165, 1.54) is 18.1 Å². The number of benzene rings is 2. The van der Waals surface area contributed by atoms with Crippen LogP contribution in [0.25, 0.3) is 21.9 Å². The Morgan fingerprint density at radius 2 is 1.92 bits per heavy atom. The number of H-pyrrole nitrogens is 1. The Kier molecular flexibility index (Phi) is 5.89. The van der Waals surface area contributed by atoms with Gasteiger partial charge >= 0.3 is 12.1 Å². The molecule has 0 spiro atoms. The first-order valence-corrected chi connectivity index (χ1v) is 13.1. The maximum atomic E-state index is 12.6. The minimum atomic E-state index is -0.694. The molecule has 1 aliphatic heterocycles. The van der Waals surface area contributed by atoms with E-state index in [0.29, 0.717) is 19.3 Å². The predicted molar refractivity (Wildman–Crippen MR) is 142 cm³/mol. The zero-order chi connectivity index (χ0) is 25.7. The first-order valence-electron chi connectivity index (χ1n) is 13.1. The molecule has 1 amide bonds. The quantitative estimate of drug-likeness (QED) is 0.367. The van der Waals surface area contributed by atoms with Crippen molar-refractivity contribution in [1.82, 2.24) is 14.5 Å². The van der Waals surface area contributed by atoms with E-state index in [9.17, 15) is 14.7 Å². The summed E-state index contributed by atoms with van der Waals surface area (Å²) in [7, 11) is 1.42. The van der Waals surface area contributed by atoms with Crippen LogP contribution in [0.1, 0.15) is 62.0 Å². The summed E-state index contributed by atoms with van der Waals surface area (Å²) in [6.45, 7) is 2.05. The summed E-state index contributed by atoms with van der Waals surface area (Å²) in [4.78, 5) is 34.4. The van der Waals surface area contributed by atoms with Crippen LogP contribution in [-0.4, -0.2) is 44.9 Å². The molecule has 37 heavy (non-hydrogen) atoms. The number of ether oxygens (including phenoxy) is 1. The Hall–Kier alpha value is -3.81. The normalized spacial score (nSPS) is 21.8. The number of aromatic amines is 1. The van der Waals surface area contributed by atoms with Crippen molar-refractivity contribution in [1.29, 1.82) is 0 Å². The molecule has 8 nitrogen and oxygen atoms in total.